The fourth-order valence-corrected chi connectivity index (χ4v) is 1.97. The highest BCUT2D eigenvalue weighted by Gasteiger charge is 2.49. The van der Waals surface area contributed by atoms with Crippen molar-refractivity contribution in [1.29, 1.82) is 0 Å². The zero-order valence-corrected chi connectivity index (χ0v) is 5.99. The zero-order valence-electron chi connectivity index (χ0n) is 5.99. The average Bonchev–Trinajstić information content (AvgIpc) is 2.53. The maximum atomic E-state index is 11.1. The molecule has 2 fully saturated rings. The molecule has 4 heteroatoms. The molecule has 0 radical (unpaired) electrons. The Kier molecular flexibility index (Phi) is 1.26. The first-order chi connectivity index (χ1) is 5.22. The molecule has 0 aromatic carbocycles. The van der Waals surface area contributed by atoms with Crippen molar-refractivity contribution in [3.05, 3.63) is 0 Å². The Bertz CT molecular complexity index is 204. The number of hydrogen-bond acceptors (Lipinski definition) is 3. The van der Waals surface area contributed by atoms with Crippen molar-refractivity contribution in [1.82, 2.24) is 5.06 Å². The third-order valence-corrected chi connectivity index (χ3v) is 2.57. The van der Waals surface area contributed by atoms with Gasteiger partial charge in [-0.3, -0.25) is 14.8 Å². The molecule has 1 saturated heterocycles. The molecule has 2 amide bonds. The summed E-state index contributed by atoms with van der Waals surface area (Å²) < 4.78 is 0. The molecular weight excluding hydrogens is 146 g/mol. The number of hydroxylamine groups is 2. The van der Waals surface area contributed by atoms with Crippen LogP contribution in [0.25, 0.3) is 0 Å². The van der Waals surface area contributed by atoms with Gasteiger partial charge in [0.25, 0.3) is 11.8 Å². The van der Waals surface area contributed by atoms with E-state index in [1.54, 1.807) is 0 Å². The van der Waals surface area contributed by atoms with Gasteiger partial charge in [-0.15, -0.1) is 0 Å². The summed E-state index contributed by atoms with van der Waals surface area (Å²) in [6, 6.07) is 0. The van der Waals surface area contributed by atoms with E-state index in [0.717, 1.165) is 19.3 Å². The monoisotopic (exact) mass is 155 g/mol. The average molecular weight is 155 g/mol. The van der Waals surface area contributed by atoms with Crippen LogP contribution in [0.3, 0.4) is 0 Å². The molecule has 0 aromatic rings. The number of nitrogens with zero attached hydrogens (tertiary/aromatic N) is 1. The molecule has 0 spiro atoms. The Morgan fingerprint density at radius 2 is 1.64 bits per heavy atom. The van der Waals surface area contributed by atoms with Crippen LogP contribution in [0.15, 0.2) is 0 Å². The number of amides is 2. The SMILES string of the molecule is O=C1[C@@H]2CCC[C@H]2C(=O)N1O. The van der Waals surface area contributed by atoms with Gasteiger partial charge in [0.15, 0.2) is 0 Å². The van der Waals surface area contributed by atoms with Crippen molar-refractivity contribution >= 4 is 11.8 Å². The molecule has 2 aliphatic rings. The molecule has 0 unspecified atom stereocenters. The van der Waals surface area contributed by atoms with Gasteiger partial charge in [-0.25, -0.2) is 0 Å². The molecular formula is C7H9NO3. The minimum Gasteiger partial charge on any atom is -0.278 e. The summed E-state index contributed by atoms with van der Waals surface area (Å²) in [5, 5.41) is 9.19. The molecule has 1 saturated carbocycles. The summed E-state index contributed by atoms with van der Waals surface area (Å²) in [4.78, 5) is 22.1. The van der Waals surface area contributed by atoms with Gasteiger partial charge in [0.05, 0.1) is 11.8 Å². The van der Waals surface area contributed by atoms with E-state index in [2.05, 4.69) is 0 Å². The number of hydrogen-bond donors (Lipinski definition) is 1. The van der Waals surface area contributed by atoms with Crippen molar-refractivity contribution in [2.75, 3.05) is 0 Å². The van der Waals surface area contributed by atoms with Crippen LogP contribution in [0.4, 0.5) is 0 Å². The topological polar surface area (TPSA) is 57.6 Å². The van der Waals surface area contributed by atoms with E-state index in [0.29, 0.717) is 0 Å². The number of carbonyl (C=O) groups is 2. The maximum absolute atomic E-state index is 11.1. The summed E-state index contributed by atoms with van der Waals surface area (Å²) in [6.45, 7) is 0. The van der Waals surface area contributed by atoms with Crippen molar-refractivity contribution < 1.29 is 14.8 Å². The van der Waals surface area contributed by atoms with Crippen LogP contribution >= 0.6 is 0 Å². The van der Waals surface area contributed by atoms with Gasteiger partial charge in [-0.05, 0) is 12.8 Å². The number of fused-ring (bicyclic) bond motifs is 1. The van der Waals surface area contributed by atoms with Gasteiger partial charge < -0.3 is 0 Å². The van der Waals surface area contributed by atoms with Crippen LogP contribution in [0, 0.1) is 11.8 Å². The number of rotatable bonds is 0. The van der Waals surface area contributed by atoms with Crippen LogP contribution in [0.2, 0.25) is 0 Å². The van der Waals surface area contributed by atoms with Crippen LogP contribution in [-0.2, 0) is 9.59 Å². The molecule has 1 heterocycles. The molecule has 4 nitrogen and oxygen atoms in total. The lowest BCUT2D eigenvalue weighted by Gasteiger charge is -2.03. The van der Waals surface area contributed by atoms with E-state index >= 15 is 0 Å². The van der Waals surface area contributed by atoms with Crippen LogP contribution in [0.1, 0.15) is 19.3 Å². The molecule has 1 N–H and O–H groups in total. The molecule has 11 heavy (non-hydrogen) atoms. The predicted octanol–water partition coefficient (Wildman–Crippen LogP) is 0.161. The van der Waals surface area contributed by atoms with E-state index in [1.807, 2.05) is 0 Å². The highest BCUT2D eigenvalue weighted by molar-refractivity contribution is 6.04. The first kappa shape index (κ1) is 6.79. The van der Waals surface area contributed by atoms with E-state index in [1.165, 1.54) is 0 Å². The first-order valence-corrected chi connectivity index (χ1v) is 3.78. The Morgan fingerprint density at radius 3 is 2.09 bits per heavy atom. The molecule has 60 valence electrons. The minimum atomic E-state index is -0.405. The third-order valence-electron chi connectivity index (χ3n) is 2.57. The van der Waals surface area contributed by atoms with Crippen molar-refractivity contribution in [3.63, 3.8) is 0 Å². The van der Waals surface area contributed by atoms with Crippen LogP contribution in [0.5, 0.6) is 0 Å². The standard InChI is InChI=1S/C7H9NO3/c9-6-4-2-1-3-5(4)7(10)8(6)11/h4-5,11H,1-3H2/t4-,5-/m1/s1. The Morgan fingerprint density at radius 1 is 1.18 bits per heavy atom. The second-order valence-corrected chi connectivity index (χ2v) is 3.13. The highest BCUT2D eigenvalue weighted by atomic mass is 16.5. The Hall–Kier alpha value is -0.900. The van der Waals surface area contributed by atoms with Gasteiger partial charge in [0, 0.05) is 0 Å². The molecule has 0 bridgehead atoms. The predicted molar refractivity (Wildman–Crippen MR) is 34.5 cm³/mol. The van der Waals surface area contributed by atoms with Gasteiger partial charge in [0.1, 0.15) is 0 Å². The molecule has 1 aliphatic carbocycles. The van der Waals surface area contributed by atoms with E-state index < -0.39 is 11.8 Å². The highest BCUT2D eigenvalue weighted by Crippen LogP contribution is 2.38. The van der Waals surface area contributed by atoms with Gasteiger partial charge >= 0.3 is 0 Å². The normalized spacial score (nSPS) is 36.6. The van der Waals surface area contributed by atoms with Crippen molar-refractivity contribution in [3.8, 4) is 0 Å². The van der Waals surface area contributed by atoms with Gasteiger partial charge in [0.2, 0.25) is 0 Å². The van der Waals surface area contributed by atoms with E-state index in [4.69, 9.17) is 5.21 Å². The first-order valence-electron chi connectivity index (χ1n) is 3.78. The van der Waals surface area contributed by atoms with E-state index in [-0.39, 0.29) is 16.9 Å². The quantitative estimate of drug-likeness (QED) is 0.400. The van der Waals surface area contributed by atoms with Gasteiger partial charge in [-0.1, -0.05) is 6.42 Å². The van der Waals surface area contributed by atoms with Crippen molar-refractivity contribution in [2.45, 2.75) is 19.3 Å². The minimum absolute atomic E-state index is 0.215. The molecule has 2 rings (SSSR count). The lowest BCUT2D eigenvalue weighted by molar-refractivity contribution is -0.173. The van der Waals surface area contributed by atoms with E-state index in [9.17, 15) is 9.59 Å². The van der Waals surface area contributed by atoms with Crippen molar-refractivity contribution in [2.24, 2.45) is 11.8 Å². The second kappa shape index (κ2) is 2.04. The van der Waals surface area contributed by atoms with Gasteiger partial charge in [-0.2, -0.15) is 5.06 Å². The Balaban J connectivity index is 2.30. The Labute approximate surface area is 63.7 Å². The molecule has 2 atom stereocenters. The number of imide groups is 1. The van der Waals surface area contributed by atoms with Crippen LogP contribution < -0.4 is 0 Å². The third kappa shape index (κ3) is 0.728. The maximum Gasteiger partial charge on any atom is 0.257 e. The fraction of sp³-hybridized carbons (Fsp3) is 0.714. The number of carbonyl (C=O) groups excluding carboxylic acids is 2. The summed E-state index contributed by atoms with van der Waals surface area (Å²) >= 11 is 0. The lowest BCUT2D eigenvalue weighted by atomic mass is 10.00. The summed E-state index contributed by atoms with van der Waals surface area (Å²) in [5.41, 5.74) is 0. The van der Waals surface area contributed by atoms with Crippen LogP contribution in [-0.4, -0.2) is 22.1 Å². The lowest BCUT2D eigenvalue weighted by Crippen LogP contribution is -2.27. The largest absolute Gasteiger partial charge is 0.278 e. The summed E-state index contributed by atoms with van der Waals surface area (Å²) in [5.74, 6) is -1.24. The zero-order chi connectivity index (χ0) is 8.01. The molecule has 0 aromatic heterocycles. The smallest absolute Gasteiger partial charge is 0.257 e. The summed E-state index contributed by atoms with van der Waals surface area (Å²) in [7, 11) is 0. The fourth-order valence-electron chi connectivity index (χ4n) is 1.97. The second-order valence-electron chi connectivity index (χ2n) is 3.13. The molecule has 1 aliphatic heterocycles. The summed E-state index contributed by atoms with van der Waals surface area (Å²) in [6.07, 6.45) is 2.44.